The summed E-state index contributed by atoms with van der Waals surface area (Å²) >= 11 is 0. The molecular weight excluding hydrogens is 196 g/mol. The Morgan fingerprint density at radius 1 is 1.67 bits per heavy atom. The third-order valence-corrected chi connectivity index (χ3v) is 1.99. The highest BCUT2D eigenvalue weighted by molar-refractivity contribution is 5.94. The van der Waals surface area contributed by atoms with Gasteiger partial charge in [-0.1, -0.05) is 6.07 Å². The summed E-state index contributed by atoms with van der Waals surface area (Å²) in [5.41, 5.74) is 5.82. The van der Waals surface area contributed by atoms with E-state index in [1.807, 2.05) is 0 Å². The number of phenolic OH excluding ortho intramolecular Hbond substituents is 1. The molecule has 0 amide bonds. The Hall–Kier alpha value is -2.06. The lowest BCUT2D eigenvalue weighted by Crippen LogP contribution is -2.10. The molecular formula is C10H10N2O3. The number of esters is 1. The maximum Gasteiger partial charge on any atom is 0.342 e. The Morgan fingerprint density at radius 2 is 2.33 bits per heavy atom. The number of rotatable bonds is 2. The molecule has 0 radical (unpaired) electrons. The van der Waals surface area contributed by atoms with Gasteiger partial charge in [0.05, 0.1) is 12.7 Å². The van der Waals surface area contributed by atoms with Gasteiger partial charge >= 0.3 is 5.97 Å². The summed E-state index contributed by atoms with van der Waals surface area (Å²) in [5, 5.41) is 18.3. The van der Waals surface area contributed by atoms with Crippen LogP contribution in [0.5, 0.6) is 5.75 Å². The summed E-state index contributed by atoms with van der Waals surface area (Å²) in [4.78, 5) is 11.3. The second-order valence-corrected chi connectivity index (χ2v) is 2.80. The first-order chi connectivity index (χ1) is 7.15. The Kier molecular flexibility index (Phi) is 3.26. The maximum absolute atomic E-state index is 11.3. The van der Waals surface area contributed by atoms with Crippen LogP contribution in [0.25, 0.3) is 0 Å². The zero-order valence-corrected chi connectivity index (χ0v) is 8.15. The van der Waals surface area contributed by atoms with Gasteiger partial charge in [0.25, 0.3) is 0 Å². The average molecular weight is 206 g/mol. The highest BCUT2D eigenvalue weighted by Crippen LogP contribution is 2.26. The van der Waals surface area contributed by atoms with E-state index in [1.165, 1.54) is 19.2 Å². The number of aromatic hydroxyl groups is 1. The van der Waals surface area contributed by atoms with Gasteiger partial charge < -0.3 is 15.6 Å². The second kappa shape index (κ2) is 4.44. The van der Waals surface area contributed by atoms with Crippen molar-refractivity contribution in [1.29, 1.82) is 5.26 Å². The van der Waals surface area contributed by atoms with E-state index >= 15 is 0 Å². The third-order valence-electron chi connectivity index (χ3n) is 1.99. The average Bonchev–Trinajstić information content (AvgIpc) is 2.27. The molecule has 0 atom stereocenters. The number of methoxy groups -OCH3 is 1. The fourth-order valence-corrected chi connectivity index (χ4v) is 1.22. The van der Waals surface area contributed by atoms with Gasteiger partial charge in [0.1, 0.15) is 17.4 Å². The summed E-state index contributed by atoms with van der Waals surface area (Å²) in [6, 6.07) is 4.69. The monoisotopic (exact) mass is 206 g/mol. The summed E-state index contributed by atoms with van der Waals surface area (Å²) in [5.74, 6) is -1.09. The van der Waals surface area contributed by atoms with Gasteiger partial charge in [-0.05, 0) is 11.6 Å². The van der Waals surface area contributed by atoms with Crippen molar-refractivity contribution >= 4 is 5.97 Å². The van der Waals surface area contributed by atoms with Crippen LogP contribution in [0.2, 0.25) is 0 Å². The highest BCUT2D eigenvalue weighted by Gasteiger charge is 2.19. The molecule has 0 saturated carbocycles. The zero-order chi connectivity index (χ0) is 11.4. The lowest BCUT2D eigenvalue weighted by atomic mass is 10.0. The van der Waals surface area contributed by atoms with Crippen LogP contribution in [0.4, 0.5) is 0 Å². The van der Waals surface area contributed by atoms with Crippen molar-refractivity contribution in [2.75, 3.05) is 7.11 Å². The lowest BCUT2D eigenvalue weighted by molar-refractivity contribution is 0.0596. The normalized spacial score (nSPS) is 9.40. The number of hydrogen-bond donors (Lipinski definition) is 2. The van der Waals surface area contributed by atoms with Crippen molar-refractivity contribution in [3.05, 3.63) is 28.8 Å². The molecule has 0 aliphatic carbocycles. The molecule has 0 saturated heterocycles. The molecule has 0 unspecified atom stereocenters. The van der Waals surface area contributed by atoms with E-state index in [9.17, 15) is 9.90 Å². The van der Waals surface area contributed by atoms with Gasteiger partial charge in [0, 0.05) is 6.54 Å². The van der Waals surface area contributed by atoms with Gasteiger partial charge in [0.15, 0.2) is 0 Å². The number of nitrogens with zero attached hydrogens (tertiary/aromatic N) is 1. The maximum atomic E-state index is 11.3. The van der Waals surface area contributed by atoms with E-state index in [4.69, 9.17) is 11.0 Å². The van der Waals surface area contributed by atoms with Crippen molar-refractivity contribution < 1.29 is 14.6 Å². The fourth-order valence-electron chi connectivity index (χ4n) is 1.22. The molecule has 5 nitrogen and oxygen atoms in total. The molecule has 1 rings (SSSR count). The number of phenols is 1. The summed E-state index contributed by atoms with van der Waals surface area (Å²) in [6.45, 7) is 0.0870. The van der Waals surface area contributed by atoms with Crippen molar-refractivity contribution in [3.63, 3.8) is 0 Å². The van der Waals surface area contributed by atoms with Crippen LogP contribution in [-0.2, 0) is 11.3 Å². The minimum Gasteiger partial charge on any atom is -0.506 e. The van der Waals surface area contributed by atoms with E-state index in [-0.39, 0.29) is 23.4 Å². The van der Waals surface area contributed by atoms with Gasteiger partial charge in [-0.25, -0.2) is 4.79 Å². The fraction of sp³-hybridized carbons (Fsp3) is 0.200. The first-order valence-corrected chi connectivity index (χ1v) is 4.19. The van der Waals surface area contributed by atoms with Crippen LogP contribution in [0.1, 0.15) is 21.5 Å². The van der Waals surface area contributed by atoms with Gasteiger partial charge in [0.2, 0.25) is 0 Å². The first-order valence-electron chi connectivity index (χ1n) is 4.19. The Labute approximate surface area is 86.7 Å². The van der Waals surface area contributed by atoms with Crippen LogP contribution < -0.4 is 5.73 Å². The van der Waals surface area contributed by atoms with Gasteiger partial charge in [-0.3, -0.25) is 0 Å². The van der Waals surface area contributed by atoms with E-state index in [0.29, 0.717) is 5.56 Å². The molecule has 0 bridgehead atoms. The van der Waals surface area contributed by atoms with E-state index < -0.39 is 5.97 Å². The molecule has 0 aliphatic rings. The van der Waals surface area contributed by atoms with Crippen molar-refractivity contribution in [1.82, 2.24) is 0 Å². The molecule has 1 aromatic carbocycles. The highest BCUT2D eigenvalue weighted by atomic mass is 16.5. The number of carbonyl (C=O) groups is 1. The standard InChI is InChI=1S/C10H10N2O3/c1-15-10(14)8-6(4-11)2-3-7(5-12)9(8)13/h2-3,13H,4,11H2,1H3. The predicted octanol–water partition coefficient (Wildman–Crippen LogP) is 0.509. The molecule has 0 heterocycles. The van der Waals surface area contributed by atoms with Gasteiger partial charge in [-0.15, -0.1) is 0 Å². The zero-order valence-electron chi connectivity index (χ0n) is 8.15. The third kappa shape index (κ3) is 1.90. The SMILES string of the molecule is COC(=O)c1c(CN)ccc(C#N)c1O. The smallest absolute Gasteiger partial charge is 0.342 e. The number of benzene rings is 1. The molecule has 0 aliphatic heterocycles. The van der Waals surface area contributed by atoms with Crippen molar-refractivity contribution in [3.8, 4) is 11.8 Å². The van der Waals surface area contributed by atoms with Crippen LogP contribution in [0.15, 0.2) is 12.1 Å². The molecule has 15 heavy (non-hydrogen) atoms. The first kappa shape index (κ1) is 11.0. The Balaban J connectivity index is 3.44. The quantitative estimate of drug-likeness (QED) is 0.687. The molecule has 0 fully saturated rings. The number of nitriles is 1. The van der Waals surface area contributed by atoms with Crippen LogP contribution >= 0.6 is 0 Å². The van der Waals surface area contributed by atoms with E-state index in [0.717, 1.165) is 0 Å². The Morgan fingerprint density at radius 3 is 2.80 bits per heavy atom. The molecule has 78 valence electrons. The van der Waals surface area contributed by atoms with Crippen molar-refractivity contribution in [2.24, 2.45) is 5.73 Å². The minimum absolute atomic E-state index is 0.0209. The molecule has 1 aromatic rings. The van der Waals surface area contributed by atoms with E-state index in [2.05, 4.69) is 4.74 Å². The predicted molar refractivity (Wildman–Crippen MR) is 52.1 cm³/mol. The summed E-state index contributed by atoms with van der Waals surface area (Å²) < 4.78 is 4.50. The molecule has 0 spiro atoms. The van der Waals surface area contributed by atoms with Crippen molar-refractivity contribution in [2.45, 2.75) is 6.54 Å². The Bertz CT molecular complexity index is 435. The largest absolute Gasteiger partial charge is 0.506 e. The molecule has 3 N–H and O–H groups in total. The minimum atomic E-state index is -0.704. The van der Waals surface area contributed by atoms with Crippen LogP contribution in [0.3, 0.4) is 0 Å². The second-order valence-electron chi connectivity index (χ2n) is 2.80. The lowest BCUT2D eigenvalue weighted by Gasteiger charge is -2.08. The molecule has 5 heteroatoms. The van der Waals surface area contributed by atoms with Crippen LogP contribution in [-0.4, -0.2) is 18.2 Å². The topological polar surface area (TPSA) is 96.3 Å². The summed E-state index contributed by atoms with van der Waals surface area (Å²) in [6.07, 6.45) is 0. The number of carbonyl (C=O) groups excluding carboxylic acids is 1. The number of hydrogen-bond acceptors (Lipinski definition) is 5. The number of ether oxygens (including phenoxy) is 1. The summed E-state index contributed by atoms with van der Waals surface area (Å²) in [7, 11) is 1.20. The van der Waals surface area contributed by atoms with Gasteiger partial charge in [-0.2, -0.15) is 5.26 Å². The molecule has 0 aromatic heterocycles. The van der Waals surface area contributed by atoms with Crippen LogP contribution in [0, 0.1) is 11.3 Å². The number of nitrogens with two attached hydrogens (primary N) is 1. The van der Waals surface area contributed by atoms with E-state index in [1.54, 1.807) is 6.07 Å².